The van der Waals surface area contributed by atoms with Crippen molar-refractivity contribution in [1.29, 1.82) is 0 Å². The number of amides is 8. The first kappa shape index (κ1) is 49.9. The van der Waals surface area contributed by atoms with Gasteiger partial charge in [-0.25, -0.2) is 0 Å². The molecule has 0 unspecified atom stereocenters. The van der Waals surface area contributed by atoms with Crippen molar-refractivity contribution < 1.29 is 58.2 Å². The highest BCUT2D eigenvalue weighted by Gasteiger charge is 2.34. The van der Waals surface area contributed by atoms with E-state index in [0.717, 1.165) is 0 Å². The van der Waals surface area contributed by atoms with Gasteiger partial charge in [-0.15, -0.1) is 0 Å². The van der Waals surface area contributed by atoms with Crippen LogP contribution in [0.2, 0.25) is 0 Å². The van der Waals surface area contributed by atoms with E-state index in [9.17, 15) is 53.1 Å². The van der Waals surface area contributed by atoms with Crippen LogP contribution in [0.3, 0.4) is 0 Å². The van der Waals surface area contributed by atoms with Gasteiger partial charge >= 0.3 is 11.9 Å². The predicted molar refractivity (Wildman–Crippen MR) is 197 cm³/mol. The maximum atomic E-state index is 13.5. The Hall–Kier alpha value is -6.07. The topological polar surface area (TPSA) is 412 Å². The van der Waals surface area contributed by atoms with Crippen molar-refractivity contribution in [3.63, 3.8) is 0 Å². The van der Waals surface area contributed by atoms with Crippen LogP contribution in [0.15, 0.2) is 4.99 Å². The standard InChI is InChI=1S/C32H56N12O12/c1-15(2)10-19(41-23(47)13-38-27(52)17(40-22(46)12-33)6-5-9-37-32(35)36)30(55)44-26(16(3)4)31(56)42-18(7-8-21(34)45)29(54)43-20(11-24(48)49)28(53)39-14-25(50)51/h15-20,26H,5-14,33H2,1-4H3,(H2,34,45)(H,38,52)(H,39,53)(H,40,46)(H,41,47)(H,42,56)(H,43,54)(H,44,55)(H,48,49)(H,50,51)(H4,35,36,37)/t17-,18-,19-,20-,26-/m0/s1. The summed E-state index contributed by atoms with van der Waals surface area (Å²) in [5, 5.41) is 34.4. The van der Waals surface area contributed by atoms with Crippen LogP contribution >= 0.6 is 0 Å². The number of hydrogen-bond acceptors (Lipinski definition) is 12. The Morgan fingerprint density at radius 3 is 1.66 bits per heavy atom. The smallest absolute Gasteiger partial charge is 0.322 e. The molecule has 316 valence electrons. The number of aliphatic imine (C=N–C) groups is 1. The largest absolute Gasteiger partial charge is 0.481 e. The lowest BCUT2D eigenvalue weighted by Crippen LogP contribution is -2.60. The number of guanidine groups is 1. The molecule has 5 atom stereocenters. The first-order valence-corrected chi connectivity index (χ1v) is 17.6. The number of nitrogens with zero attached hydrogens (tertiary/aromatic N) is 1. The molecule has 0 heterocycles. The Morgan fingerprint density at radius 2 is 1.14 bits per heavy atom. The summed E-state index contributed by atoms with van der Waals surface area (Å²) < 4.78 is 0. The summed E-state index contributed by atoms with van der Waals surface area (Å²) in [6, 6.07) is -7.02. The third-order valence-electron chi connectivity index (χ3n) is 7.55. The minimum Gasteiger partial charge on any atom is -0.481 e. The van der Waals surface area contributed by atoms with Gasteiger partial charge in [0.05, 0.1) is 19.5 Å². The molecule has 0 aromatic heterocycles. The van der Waals surface area contributed by atoms with Crippen LogP contribution < -0.4 is 60.2 Å². The Morgan fingerprint density at radius 1 is 0.607 bits per heavy atom. The molecular formula is C32H56N12O12. The molecule has 0 saturated carbocycles. The summed E-state index contributed by atoms with van der Waals surface area (Å²) in [5.41, 5.74) is 21.2. The lowest BCUT2D eigenvalue weighted by Gasteiger charge is -2.28. The monoisotopic (exact) mass is 800 g/mol. The highest BCUT2D eigenvalue weighted by Crippen LogP contribution is 2.10. The van der Waals surface area contributed by atoms with Gasteiger partial charge in [0, 0.05) is 13.0 Å². The Balaban J connectivity index is 5.95. The third-order valence-corrected chi connectivity index (χ3v) is 7.55. The highest BCUT2D eigenvalue weighted by molar-refractivity contribution is 5.97. The fourth-order valence-corrected chi connectivity index (χ4v) is 4.81. The summed E-state index contributed by atoms with van der Waals surface area (Å²) in [6.45, 7) is 4.91. The van der Waals surface area contributed by atoms with Crippen LogP contribution in [0.4, 0.5) is 0 Å². The van der Waals surface area contributed by atoms with Crippen molar-refractivity contribution in [2.24, 2.45) is 39.8 Å². The van der Waals surface area contributed by atoms with E-state index in [1.54, 1.807) is 27.7 Å². The number of carboxylic acid groups (broad SMARTS) is 2. The number of hydrogen-bond donors (Lipinski definition) is 13. The number of nitrogens with one attached hydrogen (secondary N) is 7. The van der Waals surface area contributed by atoms with Crippen LogP contribution in [0.1, 0.15) is 66.2 Å². The molecule has 0 aromatic rings. The molecule has 56 heavy (non-hydrogen) atoms. The molecule has 0 aliphatic carbocycles. The number of carboxylic acids is 2. The summed E-state index contributed by atoms with van der Waals surface area (Å²) in [5.74, 6) is -10.9. The minimum absolute atomic E-state index is 0.0798. The third kappa shape index (κ3) is 21.6. The SMILES string of the molecule is CC(C)C[C@H](NC(=O)CNC(=O)[C@H](CCCN=C(N)N)NC(=O)CN)C(=O)N[C@H](C(=O)N[C@@H](CCC(N)=O)C(=O)N[C@@H](CC(=O)O)C(=O)NCC(=O)O)C(C)C. The van der Waals surface area contributed by atoms with Crippen LogP contribution in [0.25, 0.3) is 0 Å². The number of primary amides is 1. The quantitative estimate of drug-likeness (QED) is 0.0209. The van der Waals surface area contributed by atoms with Gasteiger partial charge in [0.1, 0.15) is 36.8 Å². The highest BCUT2D eigenvalue weighted by atomic mass is 16.4. The molecule has 0 saturated heterocycles. The first-order chi connectivity index (χ1) is 26.1. The molecule has 0 aliphatic rings. The van der Waals surface area contributed by atoms with Crippen LogP contribution in [0, 0.1) is 11.8 Å². The second-order valence-electron chi connectivity index (χ2n) is 13.3. The van der Waals surface area contributed by atoms with Gasteiger partial charge in [0.2, 0.25) is 47.3 Å². The number of aliphatic carboxylic acids is 2. The minimum atomic E-state index is -1.77. The number of carbonyl (C=O) groups is 10. The van der Waals surface area contributed by atoms with Gasteiger partial charge in [-0.3, -0.25) is 52.9 Å². The first-order valence-electron chi connectivity index (χ1n) is 17.6. The van der Waals surface area contributed by atoms with Gasteiger partial charge < -0.3 is 70.4 Å². The van der Waals surface area contributed by atoms with Crippen molar-refractivity contribution in [3.05, 3.63) is 0 Å². The van der Waals surface area contributed by atoms with Crippen molar-refractivity contribution in [2.75, 3.05) is 26.2 Å². The van der Waals surface area contributed by atoms with Gasteiger partial charge in [0.25, 0.3) is 0 Å². The van der Waals surface area contributed by atoms with Gasteiger partial charge in [-0.2, -0.15) is 0 Å². The summed E-state index contributed by atoms with van der Waals surface area (Å²) in [7, 11) is 0. The molecule has 0 aliphatic heterocycles. The van der Waals surface area contributed by atoms with E-state index in [1.165, 1.54) is 0 Å². The molecule has 0 aromatic carbocycles. The molecule has 8 amide bonds. The molecule has 0 bridgehead atoms. The van der Waals surface area contributed by atoms with E-state index in [0.29, 0.717) is 6.42 Å². The van der Waals surface area contributed by atoms with Crippen molar-refractivity contribution in [3.8, 4) is 0 Å². The zero-order valence-electron chi connectivity index (χ0n) is 31.8. The van der Waals surface area contributed by atoms with E-state index >= 15 is 0 Å². The zero-order valence-corrected chi connectivity index (χ0v) is 31.8. The molecule has 0 radical (unpaired) electrons. The lowest BCUT2D eigenvalue weighted by atomic mass is 9.99. The maximum absolute atomic E-state index is 13.5. The summed E-state index contributed by atoms with van der Waals surface area (Å²) in [6.07, 6.45) is -1.34. The molecule has 24 nitrogen and oxygen atoms in total. The summed E-state index contributed by atoms with van der Waals surface area (Å²) in [4.78, 5) is 128. The van der Waals surface area contributed by atoms with Gasteiger partial charge in [-0.05, 0) is 37.5 Å². The molecule has 17 N–H and O–H groups in total. The summed E-state index contributed by atoms with van der Waals surface area (Å²) >= 11 is 0. The van der Waals surface area contributed by atoms with E-state index in [2.05, 4.69) is 36.9 Å². The number of rotatable bonds is 27. The van der Waals surface area contributed by atoms with Crippen LogP contribution in [-0.2, 0) is 47.9 Å². The lowest BCUT2D eigenvalue weighted by molar-refractivity contribution is -0.142. The van der Waals surface area contributed by atoms with E-state index in [4.69, 9.17) is 28.0 Å². The number of carbonyl (C=O) groups excluding carboxylic acids is 8. The predicted octanol–water partition coefficient (Wildman–Crippen LogP) is -5.82. The van der Waals surface area contributed by atoms with E-state index < -0.39 is 134 Å². The normalized spacial score (nSPS) is 13.4. The van der Waals surface area contributed by atoms with Gasteiger partial charge in [0.15, 0.2) is 5.96 Å². The number of nitrogens with two attached hydrogens (primary N) is 4. The van der Waals surface area contributed by atoms with Crippen LogP contribution in [-0.4, -0.2) is 132 Å². The second kappa shape index (κ2) is 25.9. The second-order valence-corrected chi connectivity index (χ2v) is 13.3. The molecule has 24 heteroatoms. The van der Waals surface area contributed by atoms with E-state index in [1.807, 2.05) is 5.32 Å². The van der Waals surface area contributed by atoms with Gasteiger partial charge in [-0.1, -0.05) is 27.7 Å². The van der Waals surface area contributed by atoms with Crippen molar-refractivity contribution in [1.82, 2.24) is 37.2 Å². The molecule has 0 fully saturated rings. The molecular weight excluding hydrogens is 744 g/mol. The average Bonchev–Trinajstić information content (AvgIpc) is 3.09. The maximum Gasteiger partial charge on any atom is 0.322 e. The van der Waals surface area contributed by atoms with E-state index in [-0.39, 0.29) is 31.3 Å². The zero-order chi connectivity index (χ0) is 43.1. The Bertz CT molecular complexity index is 1450. The fourth-order valence-electron chi connectivity index (χ4n) is 4.81. The molecule has 0 spiro atoms. The Labute approximate surface area is 322 Å². The van der Waals surface area contributed by atoms with Crippen molar-refractivity contribution >= 4 is 65.2 Å². The Kier molecular flexibility index (Phi) is 23.1. The average molecular weight is 801 g/mol. The van der Waals surface area contributed by atoms with Crippen molar-refractivity contribution in [2.45, 2.75) is 96.4 Å². The van der Waals surface area contributed by atoms with Crippen LogP contribution in [0.5, 0.6) is 0 Å². The fraction of sp³-hybridized carbons (Fsp3) is 0.656. The molecule has 0 rings (SSSR count).